The maximum Gasteiger partial charge on any atom is 0.270 e. The lowest BCUT2D eigenvalue weighted by Gasteiger charge is -2.09. The number of benzene rings is 1. The fourth-order valence-corrected chi connectivity index (χ4v) is 5.90. The number of ketones is 1. The first kappa shape index (κ1) is 18.1. The topological polar surface area (TPSA) is 80.1 Å². The Hall–Kier alpha value is -1.97. The summed E-state index contributed by atoms with van der Waals surface area (Å²) in [6.07, 6.45) is 4.23. The summed E-state index contributed by atoms with van der Waals surface area (Å²) >= 11 is 6.23. The van der Waals surface area contributed by atoms with Crippen LogP contribution in [0.1, 0.15) is 33.6 Å². The summed E-state index contributed by atoms with van der Waals surface area (Å²) in [4.78, 5) is 32.4. The number of aromatic amines is 1. The van der Waals surface area contributed by atoms with Crippen molar-refractivity contribution in [2.75, 3.05) is 5.75 Å². The molecule has 6 nitrogen and oxygen atoms in total. The van der Waals surface area contributed by atoms with Crippen LogP contribution in [0.2, 0.25) is 0 Å². The van der Waals surface area contributed by atoms with Crippen LogP contribution in [-0.4, -0.2) is 31.1 Å². The number of thiophene rings is 1. The number of aromatic nitrogens is 4. The Morgan fingerprint density at radius 3 is 2.86 bits per heavy atom. The molecule has 0 radical (unpaired) electrons. The molecule has 1 aliphatic carbocycles. The number of Topliss-reactive ketones (excluding diaryl/α,β-unsaturated/α-hetero) is 1. The number of carbonyl (C=O) groups excluding carboxylic acids is 1. The molecule has 142 valence electrons. The number of H-pyrrole nitrogens is 1. The van der Waals surface area contributed by atoms with Crippen LogP contribution in [0.25, 0.3) is 16.0 Å². The Labute approximate surface area is 176 Å². The highest BCUT2D eigenvalue weighted by Gasteiger charge is 2.22. The fraction of sp³-hybridized carbons (Fsp3) is 0.263. The van der Waals surface area contributed by atoms with Crippen LogP contribution in [0.3, 0.4) is 0 Å². The number of nitrogens with one attached hydrogen (secondary N) is 1. The molecule has 1 aliphatic rings. The Morgan fingerprint density at radius 1 is 1.25 bits per heavy atom. The summed E-state index contributed by atoms with van der Waals surface area (Å²) < 4.78 is 2.43. The molecule has 0 unspecified atom stereocenters. The Balaban J connectivity index is 1.51. The standard InChI is InChI=1S/C19H15BrN4O2S2/c20-11-7-5-10(6-8-11)13(25)9-27-19-23-22-18-21-16-15(17(26)24(18)19)12-3-1-2-4-14(12)28-16/h5-8H,1-4,9H2,(H,21,22). The predicted molar refractivity (Wildman–Crippen MR) is 115 cm³/mol. The van der Waals surface area contributed by atoms with E-state index in [1.165, 1.54) is 27.5 Å². The molecule has 1 aromatic carbocycles. The van der Waals surface area contributed by atoms with Gasteiger partial charge in [0.2, 0.25) is 5.78 Å². The van der Waals surface area contributed by atoms with Crippen LogP contribution >= 0.6 is 39.0 Å². The SMILES string of the molecule is O=C(CSc1n[nH]c2nc3sc4c(c3c(=O)n12)CCCC4)c1ccc(Br)cc1. The molecule has 4 aromatic rings. The molecule has 3 aromatic heterocycles. The molecule has 0 saturated carbocycles. The second-order valence-electron chi connectivity index (χ2n) is 6.69. The number of hydrogen-bond acceptors (Lipinski definition) is 6. The molecular formula is C19H15BrN4O2S2. The molecule has 9 heteroatoms. The number of nitrogens with zero attached hydrogens (tertiary/aromatic N) is 3. The quantitative estimate of drug-likeness (QED) is 0.353. The van der Waals surface area contributed by atoms with E-state index in [4.69, 9.17) is 0 Å². The molecule has 5 rings (SSSR count). The Bertz CT molecular complexity index is 1270. The van der Waals surface area contributed by atoms with Crippen molar-refractivity contribution in [3.63, 3.8) is 0 Å². The van der Waals surface area contributed by atoms with Gasteiger partial charge in [0.05, 0.1) is 11.1 Å². The van der Waals surface area contributed by atoms with Gasteiger partial charge in [0.15, 0.2) is 10.9 Å². The van der Waals surface area contributed by atoms with Gasteiger partial charge in [-0.1, -0.05) is 39.8 Å². The maximum absolute atomic E-state index is 13.2. The Kier molecular flexibility index (Phi) is 4.60. The van der Waals surface area contributed by atoms with Crippen molar-refractivity contribution in [2.24, 2.45) is 0 Å². The Morgan fingerprint density at radius 2 is 2.04 bits per heavy atom. The summed E-state index contributed by atoms with van der Waals surface area (Å²) in [5.74, 6) is 0.617. The number of halogens is 1. The van der Waals surface area contributed by atoms with E-state index in [0.717, 1.165) is 39.5 Å². The largest absolute Gasteiger partial charge is 0.293 e. The van der Waals surface area contributed by atoms with Crippen molar-refractivity contribution < 1.29 is 4.79 Å². The van der Waals surface area contributed by atoms with E-state index >= 15 is 0 Å². The molecule has 3 heterocycles. The van der Waals surface area contributed by atoms with Crippen molar-refractivity contribution >= 4 is 60.8 Å². The van der Waals surface area contributed by atoms with Gasteiger partial charge < -0.3 is 0 Å². The van der Waals surface area contributed by atoms with Gasteiger partial charge in [0, 0.05) is 14.9 Å². The number of carbonyl (C=O) groups is 1. The molecule has 0 spiro atoms. The molecule has 0 aliphatic heterocycles. The van der Waals surface area contributed by atoms with E-state index in [-0.39, 0.29) is 17.1 Å². The van der Waals surface area contributed by atoms with Gasteiger partial charge in [0.1, 0.15) is 4.83 Å². The third-order valence-electron chi connectivity index (χ3n) is 4.93. The molecule has 0 saturated heterocycles. The van der Waals surface area contributed by atoms with Crippen LogP contribution in [-0.2, 0) is 12.8 Å². The third kappa shape index (κ3) is 3.01. The molecule has 0 fully saturated rings. The molecular weight excluding hydrogens is 460 g/mol. The average molecular weight is 475 g/mol. The molecule has 28 heavy (non-hydrogen) atoms. The van der Waals surface area contributed by atoms with Gasteiger partial charge >= 0.3 is 0 Å². The third-order valence-corrected chi connectivity index (χ3v) is 7.58. The highest BCUT2D eigenvalue weighted by Crippen LogP contribution is 2.34. The van der Waals surface area contributed by atoms with E-state index in [2.05, 4.69) is 31.1 Å². The van der Waals surface area contributed by atoms with Crippen LogP contribution in [0.4, 0.5) is 0 Å². The van der Waals surface area contributed by atoms with Crippen molar-refractivity contribution in [3.05, 3.63) is 55.1 Å². The van der Waals surface area contributed by atoms with Crippen LogP contribution in [0.5, 0.6) is 0 Å². The van der Waals surface area contributed by atoms with Crippen LogP contribution < -0.4 is 5.56 Å². The van der Waals surface area contributed by atoms with Gasteiger partial charge in [-0.3, -0.25) is 9.59 Å². The molecule has 0 bridgehead atoms. The van der Waals surface area contributed by atoms with Gasteiger partial charge in [-0.25, -0.2) is 14.5 Å². The van der Waals surface area contributed by atoms with Gasteiger partial charge in [-0.15, -0.1) is 16.4 Å². The minimum Gasteiger partial charge on any atom is -0.293 e. The van der Waals surface area contributed by atoms with Crippen LogP contribution in [0.15, 0.2) is 38.7 Å². The summed E-state index contributed by atoms with van der Waals surface area (Å²) in [7, 11) is 0. The summed E-state index contributed by atoms with van der Waals surface area (Å²) in [6, 6.07) is 7.24. The monoisotopic (exact) mass is 474 g/mol. The zero-order valence-electron chi connectivity index (χ0n) is 14.7. The number of thioether (sulfide) groups is 1. The predicted octanol–water partition coefficient (Wildman–Crippen LogP) is 4.25. The first-order valence-electron chi connectivity index (χ1n) is 8.95. The van der Waals surface area contributed by atoms with Gasteiger partial charge in [0.25, 0.3) is 5.56 Å². The van der Waals surface area contributed by atoms with Gasteiger partial charge in [-0.05, 0) is 43.4 Å². The van der Waals surface area contributed by atoms with Crippen molar-refractivity contribution in [2.45, 2.75) is 30.8 Å². The van der Waals surface area contributed by atoms with Crippen molar-refractivity contribution in [3.8, 4) is 0 Å². The number of hydrogen-bond donors (Lipinski definition) is 1. The first-order valence-corrected chi connectivity index (χ1v) is 11.5. The van der Waals surface area contributed by atoms with E-state index in [1.54, 1.807) is 23.5 Å². The normalized spacial score (nSPS) is 13.9. The minimum atomic E-state index is -0.0910. The number of aryl methyl sites for hydroxylation is 2. The summed E-state index contributed by atoms with van der Waals surface area (Å²) in [5.41, 5.74) is 1.70. The fourth-order valence-electron chi connectivity index (χ4n) is 3.55. The summed E-state index contributed by atoms with van der Waals surface area (Å²) in [5, 5.41) is 8.27. The zero-order valence-corrected chi connectivity index (χ0v) is 17.9. The maximum atomic E-state index is 13.2. The number of rotatable bonds is 4. The second kappa shape index (κ2) is 7.13. The van der Waals surface area contributed by atoms with E-state index in [9.17, 15) is 9.59 Å². The van der Waals surface area contributed by atoms with E-state index < -0.39 is 0 Å². The first-order chi connectivity index (χ1) is 13.6. The van der Waals surface area contributed by atoms with Crippen molar-refractivity contribution in [1.29, 1.82) is 0 Å². The van der Waals surface area contributed by atoms with E-state index in [1.807, 2.05) is 12.1 Å². The summed E-state index contributed by atoms with van der Waals surface area (Å²) in [6.45, 7) is 0. The van der Waals surface area contributed by atoms with Crippen LogP contribution in [0, 0.1) is 0 Å². The lowest BCUT2D eigenvalue weighted by atomic mass is 9.97. The zero-order chi connectivity index (χ0) is 19.3. The van der Waals surface area contributed by atoms with Gasteiger partial charge in [-0.2, -0.15) is 0 Å². The minimum absolute atomic E-state index is 0.0105. The average Bonchev–Trinajstić information content (AvgIpc) is 3.28. The molecule has 0 atom stereocenters. The van der Waals surface area contributed by atoms with E-state index in [0.29, 0.717) is 16.5 Å². The lowest BCUT2D eigenvalue weighted by molar-refractivity contribution is 0.102. The highest BCUT2D eigenvalue weighted by atomic mass is 79.9. The highest BCUT2D eigenvalue weighted by molar-refractivity contribution is 9.10. The lowest BCUT2D eigenvalue weighted by Crippen LogP contribution is -2.16. The molecule has 0 amide bonds. The number of fused-ring (bicyclic) bond motifs is 4. The van der Waals surface area contributed by atoms with Crippen molar-refractivity contribution in [1.82, 2.24) is 19.6 Å². The molecule has 1 N–H and O–H groups in total. The second-order valence-corrected chi connectivity index (χ2v) is 9.63. The smallest absolute Gasteiger partial charge is 0.270 e.